The van der Waals surface area contributed by atoms with Gasteiger partial charge in [0, 0.05) is 39.2 Å². The van der Waals surface area contributed by atoms with Gasteiger partial charge in [-0.15, -0.1) is 0 Å². The van der Waals surface area contributed by atoms with Crippen molar-refractivity contribution in [3.05, 3.63) is 59.4 Å². The number of pyridine rings is 2. The number of para-hydroxylation sites is 1. The first-order chi connectivity index (χ1) is 15.5. The maximum Gasteiger partial charge on any atom is 0.227 e. The summed E-state index contributed by atoms with van der Waals surface area (Å²) in [7, 11) is 0. The summed E-state index contributed by atoms with van der Waals surface area (Å²) in [5.41, 5.74) is 0.377. The zero-order valence-corrected chi connectivity index (χ0v) is 14.8. The van der Waals surface area contributed by atoms with E-state index in [2.05, 4.69) is 9.97 Å². The van der Waals surface area contributed by atoms with Gasteiger partial charge in [0.25, 0.3) is 0 Å². The topological polar surface area (TPSA) is 38.9 Å². The molecule has 0 aliphatic carbocycles. The van der Waals surface area contributed by atoms with E-state index in [1.165, 1.54) is 18.3 Å². The smallest absolute Gasteiger partial charge is 0.227 e. The lowest BCUT2D eigenvalue weighted by molar-refractivity contribution is 0.410. The lowest BCUT2D eigenvalue weighted by atomic mass is 9.86. The Bertz CT molecular complexity index is 1390. The Morgan fingerprint density at radius 1 is 1.12 bits per heavy atom. The van der Waals surface area contributed by atoms with E-state index < -0.39 is 25.5 Å². The first-order valence-electron chi connectivity index (χ1n) is 12.4. The van der Waals surface area contributed by atoms with Crippen molar-refractivity contribution in [2.75, 3.05) is 0 Å². The highest BCUT2D eigenvalue weighted by atomic mass is 16.3. The molecule has 132 valence electrons. The van der Waals surface area contributed by atoms with Gasteiger partial charge in [0.2, 0.25) is 5.71 Å². The monoisotopic (exact) mass is 352 g/mol. The molecule has 26 heavy (non-hydrogen) atoms. The van der Waals surface area contributed by atoms with Gasteiger partial charge >= 0.3 is 0 Å². The van der Waals surface area contributed by atoms with Gasteiger partial charge in [-0.3, -0.25) is 4.98 Å². The molecule has 0 aliphatic rings. The normalized spacial score (nSPS) is 18.3. The molecule has 1 aromatic carbocycles. The summed E-state index contributed by atoms with van der Waals surface area (Å²) in [6, 6.07) is 9.89. The summed E-state index contributed by atoms with van der Waals surface area (Å²) in [6.07, 6.45) is -0.764. The molecule has 3 heterocycles. The number of nitrogens with zero attached hydrogens (tertiary/aromatic N) is 2. The Morgan fingerprint density at radius 2 is 2.00 bits per heavy atom. The fourth-order valence-electron chi connectivity index (χ4n) is 2.99. The molecule has 0 N–H and O–H groups in total. The molecule has 0 radical (unpaired) electrons. The van der Waals surface area contributed by atoms with Crippen LogP contribution in [0.4, 0.5) is 0 Å². The van der Waals surface area contributed by atoms with Crippen LogP contribution in [0.2, 0.25) is 0 Å². The van der Waals surface area contributed by atoms with Crippen molar-refractivity contribution in [3.8, 4) is 11.3 Å². The summed E-state index contributed by atoms with van der Waals surface area (Å²) in [6.45, 7) is 0.218. The number of aromatic nitrogens is 2. The number of aryl methyl sites for hydroxylation is 2. The fourth-order valence-corrected chi connectivity index (χ4v) is 2.99. The molecular formula is C23H24N2O. The third-order valence-corrected chi connectivity index (χ3v) is 4.05. The largest absolute Gasteiger partial charge is 0.437 e. The summed E-state index contributed by atoms with van der Waals surface area (Å²) in [4.78, 5) is 8.52. The summed E-state index contributed by atoms with van der Waals surface area (Å²) >= 11 is 0. The van der Waals surface area contributed by atoms with E-state index in [1.807, 2.05) is 6.07 Å². The van der Waals surface area contributed by atoms with Crippen molar-refractivity contribution < 1.29 is 15.4 Å². The summed E-state index contributed by atoms with van der Waals surface area (Å²) in [5, 5.41) is 1.33. The van der Waals surface area contributed by atoms with Crippen molar-refractivity contribution in [1.82, 2.24) is 9.97 Å². The lowest BCUT2D eigenvalue weighted by Crippen LogP contribution is -2.10. The van der Waals surface area contributed by atoms with Gasteiger partial charge < -0.3 is 4.42 Å². The number of furan rings is 1. The second kappa shape index (κ2) is 5.94. The Kier molecular flexibility index (Phi) is 2.25. The molecule has 3 nitrogen and oxygen atoms in total. The first kappa shape index (κ1) is 9.86. The molecule has 0 fully saturated rings. The molecule has 0 unspecified atom stereocenters. The molecule has 0 atom stereocenters. The molecular weight excluding hydrogens is 320 g/mol. The molecule has 3 heteroatoms. The van der Waals surface area contributed by atoms with Crippen LogP contribution in [0.1, 0.15) is 48.6 Å². The van der Waals surface area contributed by atoms with Gasteiger partial charge in [-0.2, -0.15) is 0 Å². The van der Waals surface area contributed by atoms with Crippen LogP contribution in [0.5, 0.6) is 0 Å². The zero-order chi connectivity index (χ0) is 25.3. The molecule has 0 aliphatic heterocycles. The van der Waals surface area contributed by atoms with E-state index in [1.54, 1.807) is 39.0 Å². The van der Waals surface area contributed by atoms with Gasteiger partial charge in [-0.1, -0.05) is 32.9 Å². The van der Waals surface area contributed by atoms with Crippen LogP contribution in [0.25, 0.3) is 33.3 Å². The fraction of sp³-hybridized carbons (Fsp3) is 0.304. The summed E-state index contributed by atoms with van der Waals surface area (Å²) in [5.74, 6) is 0. The van der Waals surface area contributed by atoms with E-state index in [0.717, 1.165) is 0 Å². The number of rotatable bonds is 2. The van der Waals surface area contributed by atoms with Crippen LogP contribution < -0.4 is 0 Å². The molecule has 4 rings (SSSR count). The van der Waals surface area contributed by atoms with Gasteiger partial charge in [0.1, 0.15) is 5.58 Å². The van der Waals surface area contributed by atoms with Gasteiger partial charge in [-0.05, 0) is 60.9 Å². The highest BCUT2D eigenvalue weighted by Crippen LogP contribution is 2.35. The van der Waals surface area contributed by atoms with Gasteiger partial charge in [-0.25, -0.2) is 4.98 Å². The number of benzene rings is 1. The van der Waals surface area contributed by atoms with Crippen LogP contribution >= 0.6 is 0 Å². The molecule has 0 spiro atoms. The Hall–Kier alpha value is -2.68. The van der Waals surface area contributed by atoms with Gasteiger partial charge in [0.15, 0.2) is 0 Å². The minimum Gasteiger partial charge on any atom is -0.437 e. The number of fused-ring (bicyclic) bond motifs is 3. The molecule has 0 saturated heterocycles. The molecule has 3 aromatic heterocycles. The maximum atomic E-state index is 8.73. The van der Waals surface area contributed by atoms with E-state index in [-0.39, 0.29) is 22.5 Å². The second-order valence-corrected chi connectivity index (χ2v) is 7.32. The minimum absolute atomic E-state index is 0.0425. The Labute approximate surface area is 165 Å². The average molecular weight is 353 g/mol. The standard InChI is InChI=1S/C23H24N2O/c1-14-13-24-20(11-16(14)12-23(3,4)5)19-8-6-7-17-18-10-9-15(2)25-22(18)26-21(17)19/h6-11,13H,12H2,1-5H3/i1D3,2D3,12D2. The molecule has 0 saturated carbocycles. The highest BCUT2D eigenvalue weighted by molar-refractivity contribution is 6.08. The highest BCUT2D eigenvalue weighted by Gasteiger charge is 2.17. The van der Waals surface area contributed by atoms with Gasteiger partial charge in [0.05, 0.1) is 5.69 Å². The lowest BCUT2D eigenvalue weighted by Gasteiger charge is -2.20. The maximum absolute atomic E-state index is 8.73. The quantitative estimate of drug-likeness (QED) is 0.428. The van der Waals surface area contributed by atoms with E-state index in [4.69, 9.17) is 15.4 Å². The molecule has 0 amide bonds. The van der Waals surface area contributed by atoms with Crippen molar-refractivity contribution in [2.24, 2.45) is 5.41 Å². The SMILES string of the molecule is [2H]C([2H])([2H])c1ccc2c(n1)oc1c(-c3cc(C([2H])([2H])C(C)(C)C)c(C([2H])([2H])[2H])cn3)cccc12. The minimum atomic E-state index is -2.54. The van der Waals surface area contributed by atoms with Crippen LogP contribution in [-0.2, 0) is 6.37 Å². The van der Waals surface area contributed by atoms with E-state index in [0.29, 0.717) is 27.6 Å². The number of hydrogen-bond acceptors (Lipinski definition) is 3. The van der Waals surface area contributed by atoms with Crippen LogP contribution in [-0.4, -0.2) is 9.97 Å². The number of hydrogen-bond donors (Lipinski definition) is 0. The first-order valence-corrected chi connectivity index (χ1v) is 8.36. The summed E-state index contributed by atoms with van der Waals surface area (Å²) < 4.78 is 69.9. The Balaban J connectivity index is 1.98. The van der Waals surface area contributed by atoms with E-state index >= 15 is 0 Å². The predicted octanol–water partition coefficient (Wildman–Crippen LogP) is 6.25. The molecule has 4 aromatic rings. The Morgan fingerprint density at radius 3 is 2.77 bits per heavy atom. The van der Waals surface area contributed by atoms with Crippen LogP contribution in [0.3, 0.4) is 0 Å². The third kappa shape index (κ3) is 2.98. The van der Waals surface area contributed by atoms with Crippen molar-refractivity contribution in [2.45, 2.75) is 40.8 Å². The zero-order valence-electron chi connectivity index (χ0n) is 22.8. The van der Waals surface area contributed by atoms with Crippen molar-refractivity contribution in [3.63, 3.8) is 0 Å². The third-order valence-electron chi connectivity index (χ3n) is 4.05. The molecule has 0 bridgehead atoms. The van der Waals surface area contributed by atoms with Crippen molar-refractivity contribution >= 4 is 22.1 Å². The van der Waals surface area contributed by atoms with Crippen LogP contribution in [0, 0.1) is 19.1 Å². The van der Waals surface area contributed by atoms with Crippen LogP contribution in [0.15, 0.2) is 47.0 Å². The average Bonchev–Trinajstić information content (AvgIpc) is 3.09. The van der Waals surface area contributed by atoms with Crippen molar-refractivity contribution in [1.29, 1.82) is 0 Å². The second-order valence-electron chi connectivity index (χ2n) is 7.32. The van der Waals surface area contributed by atoms with E-state index in [9.17, 15) is 0 Å². The predicted molar refractivity (Wildman–Crippen MR) is 107 cm³/mol.